The van der Waals surface area contributed by atoms with Gasteiger partial charge in [0.15, 0.2) is 0 Å². The standard InChI is InChI=1S/C10H10Br3NO2/c11-6-4-7(12)10(8(13)5-6)14-3-1-2-9(15)16/h4-5,14H,1-3H2,(H,15,16). The van der Waals surface area contributed by atoms with E-state index in [-0.39, 0.29) is 6.42 Å². The lowest BCUT2D eigenvalue weighted by molar-refractivity contribution is -0.137. The molecule has 0 spiro atoms. The van der Waals surface area contributed by atoms with Gasteiger partial charge in [-0.05, 0) is 50.4 Å². The van der Waals surface area contributed by atoms with Crippen molar-refractivity contribution in [3.8, 4) is 0 Å². The number of hydrogen-bond acceptors (Lipinski definition) is 2. The van der Waals surface area contributed by atoms with Crippen LogP contribution in [0.3, 0.4) is 0 Å². The first-order chi connectivity index (χ1) is 7.50. The molecule has 0 radical (unpaired) electrons. The van der Waals surface area contributed by atoms with Crippen LogP contribution in [-0.4, -0.2) is 17.6 Å². The Morgan fingerprint density at radius 3 is 2.31 bits per heavy atom. The molecule has 6 heteroatoms. The molecule has 0 saturated carbocycles. The quantitative estimate of drug-likeness (QED) is 0.707. The minimum absolute atomic E-state index is 0.179. The Morgan fingerprint density at radius 1 is 1.25 bits per heavy atom. The molecule has 0 aliphatic carbocycles. The highest BCUT2D eigenvalue weighted by Gasteiger charge is 2.06. The summed E-state index contributed by atoms with van der Waals surface area (Å²) in [6.07, 6.45) is 0.781. The molecule has 0 aromatic heterocycles. The van der Waals surface area contributed by atoms with Crippen molar-refractivity contribution in [2.24, 2.45) is 0 Å². The molecule has 0 aliphatic heterocycles. The Labute approximate surface area is 119 Å². The molecule has 0 atom stereocenters. The van der Waals surface area contributed by atoms with Gasteiger partial charge in [-0.25, -0.2) is 0 Å². The van der Waals surface area contributed by atoms with E-state index in [2.05, 4.69) is 53.1 Å². The van der Waals surface area contributed by atoms with Gasteiger partial charge in [0.25, 0.3) is 0 Å². The lowest BCUT2D eigenvalue weighted by Crippen LogP contribution is -2.05. The van der Waals surface area contributed by atoms with Crippen LogP contribution in [0, 0.1) is 0 Å². The normalized spacial score (nSPS) is 10.2. The van der Waals surface area contributed by atoms with E-state index in [9.17, 15) is 4.79 Å². The summed E-state index contributed by atoms with van der Waals surface area (Å²) < 4.78 is 2.84. The second-order valence-corrected chi connectivity index (χ2v) is 5.79. The summed E-state index contributed by atoms with van der Waals surface area (Å²) in [5.74, 6) is -0.768. The number of hydrogen-bond donors (Lipinski definition) is 2. The summed E-state index contributed by atoms with van der Waals surface area (Å²) in [6.45, 7) is 0.630. The maximum absolute atomic E-state index is 10.3. The third kappa shape index (κ3) is 4.43. The van der Waals surface area contributed by atoms with E-state index in [4.69, 9.17) is 5.11 Å². The molecule has 0 heterocycles. The predicted molar refractivity (Wildman–Crippen MR) is 74.9 cm³/mol. The molecule has 0 saturated heterocycles. The smallest absolute Gasteiger partial charge is 0.303 e. The van der Waals surface area contributed by atoms with Crippen LogP contribution < -0.4 is 5.32 Å². The first-order valence-corrected chi connectivity index (χ1v) is 6.99. The second kappa shape index (κ2) is 6.61. The molecule has 0 bridgehead atoms. The van der Waals surface area contributed by atoms with E-state index < -0.39 is 5.97 Å². The van der Waals surface area contributed by atoms with E-state index >= 15 is 0 Å². The van der Waals surface area contributed by atoms with Crippen molar-refractivity contribution in [3.05, 3.63) is 25.6 Å². The summed E-state index contributed by atoms with van der Waals surface area (Å²) in [6, 6.07) is 3.87. The van der Waals surface area contributed by atoms with Crippen molar-refractivity contribution >= 4 is 59.4 Å². The Morgan fingerprint density at radius 2 is 1.81 bits per heavy atom. The minimum atomic E-state index is -0.768. The first kappa shape index (κ1) is 14.0. The first-order valence-electron chi connectivity index (χ1n) is 4.61. The van der Waals surface area contributed by atoms with Gasteiger partial charge in [-0.2, -0.15) is 0 Å². The van der Waals surface area contributed by atoms with Crippen molar-refractivity contribution in [2.75, 3.05) is 11.9 Å². The lowest BCUT2D eigenvalue weighted by atomic mass is 10.3. The summed E-state index contributed by atoms with van der Waals surface area (Å²) in [5, 5.41) is 11.7. The maximum atomic E-state index is 10.3. The molecule has 1 rings (SSSR count). The molecule has 2 N–H and O–H groups in total. The molecule has 1 aromatic carbocycles. The molecule has 0 fully saturated rings. The van der Waals surface area contributed by atoms with Crippen molar-refractivity contribution in [1.29, 1.82) is 0 Å². The van der Waals surface area contributed by atoms with Crippen LogP contribution in [0.5, 0.6) is 0 Å². The Hall–Kier alpha value is -0.0700. The second-order valence-electron chi connectivity index (χ2n) is 3.17. The number of carboxylic acids is 1. The largest absolute Gasteiger partial charge is 0.481 e. The van der Waals surface area contributed by atoms with Gasteiger partial charge in [0.2, 0.25) is 0 Å². The van der Waals surface area contributed by atoms with Crippen LogP contribution in [0.1, 0.15) is 12.8 Å². The highest BCUT2D eigenvalue weighted by Crippen LogP contribution is 2.34. The average molecular weight is 416 g/mol. The number of carboxylic acid groups (broad SMARTS) is 1. The fourth-order valence-corrected chi connectivity index (χ4v) is 3.70. The van der Waals surface area contributed by atoms with Gasteiger partial charge in [0.05, 0.1) is 5.69 Å². The predicted octanol–water partition coefficient (Wildman–Crippen LogP) is 4.25. The number of benzene rings is 1. The summed E-state index contributed by atoms with van der Waals surface area (Å²) in [4.78, 5) is 10.3. The number of nitrogens with one attached hydrogen (secondary N) is 1. The van der Waals surface area contributed by atoms with E-state index in [1.54, 1.807) is 0 Å². The van der Waals surface area contributed by atoms with Crippen LogP contribution in [0.2, 0.25) is 0 Å². The highest BCUT2D eigenvalue weighted by atomic mass is 79.9. The summed E-state index contributed by atoms with van der Waals surface area (Å²) in [5.41, 5.74) is 0.939. The molecule has 0 aliphatic rings. The molecular weight excluding hydrogens is 406 g/mol. The monoisotopic (exact) mass is 413 g/mol. The number of aliphatic carboxylic acids is 1. The number of rotatable bonds is 5. The molecular formula is C10H10Br3NO2. The van der Waals surface area contributed by atoms with Gasteiger partial charge >= 0.3 is 5.97 Å². The van der Waals surface area contributed by atoms with Crippen LogP contribution in [0.15, 0.2) is 25.6 Å². The van der Waals surface area contributed by atoms with E-state index in [1.807, 2.05) is 12.1 Å². The van der Waals surface area contributed by atoms with Gasteiger partial charge in [0, 0.05) is 26.4 Å². The molecule has 0 unspecified atom stereocenters. The SMILES string of the molecule is O=C(O)CCCNc1c(Br)cc(Br)cc1Br. The van der Waals surface area contributed by atoms with Crippen LogP contribution in [-0.2, 0) is 4.79 Å². The van der Waals surface area contributed by atoms with Crippen LogP contribution in [0.4, 0.5) is 5.69 Å². The lowest BCUT2D eigenvalue weighted by Gasteiger charge is -2.10. The number of halogens is 3. The fourth-order valence-electron chi connectivity index (χ4n) is 1.16. The van der Waals surface area contributed by atoms with Gasteiger partial charge in [-0.15, -0.1) is 0 Å². The highest BCUT2D eigenvalue weighted by molar-refractivity contribution is 9.11. The van der Waals surface area contributed by atoms with Crippen LogP contribution >= 0.6 is 47.8 Å². The zero-order valence-electron chi connectivity index (χ0n) is 8.27. The van der Waals surface area contributed by atoms with Crippen molar-refractivity contribution in [3.63, 3.8) is 0 Å². The van der Waals surface area contributed by atoms with Gasteiger partial charge in [-0.1, -0.05) is 15.9 Å². The zero-order chi connectivity index (χ0) is 12.1. The maximum Gasteiger partial charge on any atom is 0.303 e. The summed E-state index contributed by atoms with van der Waals surface area (Å²) >= 11 is 10.3. The van der Waals surface area contributed by atoms with Gasteiger partial charge in [0.1, 0.15) is 0 Å². The van der Waals surface area contributed by atoms with Crippen molar-refractivity contribution in [2.45, 2.75) is 12.8 Å². The Bertz CT molecular complexity index is 373. The third-order valence-corrected chi connectivity index (χ3v) is 3.58. The van der Waals surface area contributed by atoms with Crippen molar-refractivity contribution < 1.29 is 9.90 Å². The molecule has 1 aromatic rings. The molecule has 88 valence electrons. The number of carbonyl (C=O) groups is 1. The molecule has 0 amide bonds. The topological polar surface area (TPSA) is 49.3 Å². The molecule has 3 nitrogen and oxygen atoms in total. The third-order valence-electron chi connectivity index (χ3n) is 1.88. The molecule has 16 heavy (non-hydrogen) atoms. The zero-order valence-corrected chi connectivity index (χ0v) is 13.0. The fraction of sp³-hybridized carbons (Fsp3) is 0.300. The van der Waals surface area contributed by atoms with Gasteiger partial charge in [-0.3, -0.25) is 4.79 Å². The van der Waals surface area contributed by atoms with E-state index in [1.165, 1.54) is 0 Å². The summed E-state index contributed by atoms with van der Waals surface area (Å²) in [7, 11) is 0. The van der Waals surface area contributed by atoms with Gasteiger partial charge < -0.3 is 10.4 Å². The van der Waals surface area contributed by atoms with E-state index in [0.717, 1.165) is 19.1 Å². The minimum Gasteiger partial charge on any atom is -0.481 e. The van der Waals surface area contributed by atoms with E-state index in [0.29, 0.717) is 13.0 Å². The Kier molecular flexibility index (Phi) is 5.78. The van der Waals surface area contributed by atoms with Crippen molar-refractivity contribution in [1.82, 2.24) is 0 Å². The van der Waals surface area contributed by atoms with Crippen LogP contribution in [0.25, 0.3) is 0 Å². The Balaban J connectivity index is 2.57. The average Bonchev–Trinajstić information content (AvgIpc) is 2.14. The number of anilines is 1.